The van der Waals surface area contributed by atoms with Gasteiger partial charge >= 0.3 is 0 Å². The van der Waals surface area contributed by atoms with Crippen molar-refractivity contribution in [3.63, 3.8) is 0 Å². The number of hydrogen-bond acceptors (Lipinski definition) is 4. The number of aliphatic hydroxyl groups excluding tert-OH is 1. The number of pyridine rings is 1. The molecule has 1 aliphatic heterocycles. The zero-order valence-electron chi connectivity index (χ0n) is 12.0. The largest absolute Gasteiger partial charge is 0.396 e. The predicted octanol–water partition coefficient (Wildman–Crippen LogP) is 1.16. The lowest BCUT2D eigenvalue weighted by Crippen LogP contribution is -2.21. The van der Waals surface area contributed by atoms with Gasteiger partial charge in [0.05, 0.1) is 12.4 Å². The molecule has 21 heavy (non-hydrogen) atoms. The molecule has 2 atom stereocenters. The molecule has 112 valence electrons. The van der Waals surface area contributed by atoms with Gasteiger partial charge in [-0.2, -0.15) is 5.10 Å². The lowest BCUT2D eigenvalue weighted by atomic mass is 9.92. The van der Waals surface area contributed by atoms with Gasteiger partial charge in [-0.15, -0.1) is 0 Å². The van der Waals surface area contributed by atoms with Crippen molar-refractivity contribution >= 4 is 0 Å². The number of aromatic nitrogens is 3. The molecule has 3 rings (SSSR count). The fraction of sp³-hybridized carbons (Fsp3) is 0.467. The Hall–Kier alpha value is -1.79. The van der Waals surface area contributed by atoms with Crippen LogP contribution in [0.3, 0.4) is 0 Å². The van der Waals surface area contributed by atoms with Gasteiger partial charge in [-0.25, -0.2) is 4.39 Å². The number of hydrogen-bond donors (Lipinski definition) is 1. The zero-order valence-corrected chi connectivity index (χ0v) is 12.0. The number of aliphatic hydroxyl groups is 1. The van der Waals surface area contributed by atoms with Gasteiger partial charge in [-0.3, -0.25) is 14.6 Å². The standard InChI is InChI=1S/C15H19FN4O/c1-19-7-12(4-18-19)15-9-20(8-13(15)10-21)6-11-2-14(16)5-17-3-11/h2-5,7,13,15,21H,6,8-10H2,1H3/t13-,15-/m0/s1. The van der Waals surface area contributed by atoms with Crippen molar-refractivity contribution in [1.82, 2.24) is 19.7 Å². The highest BCUT2D eigenvalue weighted by Crippen LogP contribution is 2.32. The van der Waals surface area contributed by atoms with Gasteiger partial charge < -0.3 is 5.11 Å². The van der Waals surface area contributed by atoms with Gasteiger partial charge in [0.2, 0.25) is 0 Å². The van der Waals surface area contributed by atoms with Crippen molar-refractivity contribution in [2.24, 2.45) is 13.0 Å². The molecular formula is C15H19FN4O. The molecule has 1 fully saturated rings. The second-order valence-electron chi connectivity index (χ2n) is 5.70. The molecule has 2 aromatic heterocycles. The van der Waals surface area contributed by atoms with Crippen LogP contribution in [0.1, 0.15) is 17.0 Å². The second-order valence-corrected chi connectivity index (χ2v) is 5.70. The predicted molar refractivity (Wildman–Crippen MR) is 76.0 cm³/mol. The van der Waals surface area contributed by atoms with Gasteiger partial charge in [0, 0.05) is 57.5 Å². The Kier molecular flexibility index (Phi) is 3.98. The smallest absolute Gasteiger partial charge is 0.141 e. The molecule has 0 saturated carbocycles. The van der Waals surface area contributed by atoms with Crippen LogP contribution in [0.15, 0.2) is 30.9 Å². The summed E-state index contributed by atoms with van der Waals surface area (Å²) in [6.45, 7) is 2.44. The summed E-state index contributed by atoms with van der Waals surface area (Å²) < 4.78 is 15.0. The number of aryl methyl sites for hydroxylation is 1. The lowest BCUT2D eigenvalue weighted by molar-refractivity contribution is 0.214. The Morgan fingerprint density at radius 3 is 2.86 bits per heavy atom. The average molecular weight is 290 g/mol. The third kappa shape index (κ3) is 3.11. The van der Waals surface area contributed by atoms with E-state index in [9.17, 15) is 9.50 Å². The van der Waals surface area contributed by atoms with Crippen LogP contribution < -0.4 is 0 Å². The van der Waals surface area contributed by atoms with Gasteiger partial charge in [0.25, 0.3) is 0 Å². The van der Waals surface area contributed by atoms with E-state index >= 15 is 0 Å². The molecular weight excluding hydrogens is 271 g/mol. The molecule has 2 aromatic rings. The maximum absolute atomic E-state index is 13.2. The number of nitrogens with zero attached hydrogens (tertiary/aromatic N) is 4. The summed E-state index contributed by atoms with van der Waals surface area (Å²) in [5.41, 5.74) is 2.01. The molecule has 6 heteroatoms. The van der Waals surface area contributed by atoms with Crippen LogP contribution in [0.4, 0.5) is 4.39 Å². The molecule has 0 bridgehead atoms. The highest BCUT2D eigenvalue weighted by atomic mass is 19.1. The summed E-state index contributed by atoms with van der Waals surface area (Å²) in [5.74, 6) is 0.148. The first-order chi connectivity index (χ1) is 10.2. The first-order valence-corrected chi connectivity index (χ1v) is 7.07. The minimum absolute atomic E-state index is 0.150. The van der Waals surface area contributed by atoms with Crippen molar-refractivity contribution < 1.29 is 9.50 Å². The van der Waals surface area contributed by atoms with Crippen LogP contribution in [0.2, 0.25) is 0 Å². The van der Waals surface area contributed by atoms with E-state index in [0.717, 1.165) is 24.2 Å². The molecule has 0 unspecified atom stereocenters. The van der Waals surface area contributed by atoms with E-state index in [1.807, 2.05) is 19.4 Å². The van der Waals surface area contributed by atoms with Gasteiger partial charge in [-0.1, -0.05) is 0 Å². The SMILES string of the molecule is Cn1cc([C@@H]2CN(Cc3cncc(F)c3)C[C@H]2CO)cn1. The summed E-state index contributed by atoms with van der Waals surface area (Å²) in [7, 11) is 1.89. The van der Waals surface area contributed by atoms with Gasteiger partial charge in [0.1, 0.15) is 5.82 Å². The molecule has 1 aliphatic rings. The van der Waals surface area contributed by atoms with E-state index in [1.165, 1.54) is 12.3 Å². The highest BCUT2D eigenvalue weighted by Gasteiger charge is 2.33. The molecule has 0 aliphatic carbocycles. The molecule has 1 saturated heterocycles. The molecule has 1 N–H and O–H groups in total. The number of halogens is 1. The lowest BCUT2D eigenvalue weighted by Gasteiger charge is -2.15. The zero-order chi connectivity index (χ0) is 14.8. The first kappa shape index (κ1) is 14.2. The summed E-state index contributed by atoms with van der Waals surface area (Å²) in [6.07, 6.45) is 6.76. The number of rotatable bonds is 4. The minimum Gasteiger partial charge on any atom is -0.396 e. The quantitative estimate of drug-likeness (QED) is 0.918. The number of likely N-dealkylation sites (tertiary alicyclic amines) is 1. The Balaban J connectivity index is 1.72. The average Bonchev–Trinajstić information content (AvgIpc) is 3.05. The molecule has 5 nitrogen and oxygen atoms in total. The van der Waals surface area contributed by atoms with E-state index in [-0.39, 0.29) is 24.3 Å². The van der Waals surface area contributed by atoms with Crippen LogP contribution in [0.25, 0.3) is 0 Å². The van der Waals surface area contributed by atoms with Crippen LogP contribution >= 0.6 is 0 Å². The summed E-state index contributed by atoms with van der Waals surface area (Å²) in [6, 6.07) is 1.51. The minimum atomic E-state index is -0.311. The van der Waals surface area contributed by atoms with E-state index in [2.05, 4.69) is 15.0 Å². The fourth-order valence-electron chi connectivity index (χ4n) is 3.08. The van der Waals surface area contributed by atoms with Crippen LogP contribution in [-0.2, 0) is 13.6 Å². The Morgan fingerprint density at radius 2 is 2.19 bits per heavy atom. The third-order valence-electron chi connectivity index (χ3n) is 4.07. The molecule has 0 spiro atoms. The Bertz CT molecular complexity index is 615. The third-order valence-corrected chi connectivity index (χ3v) is 4.07. The van der Waals surface area contributed by atoms with E-state index in [1.54, 1.807) is 10.9 Å². The van der Waals surface area contributed by atoms with Gasteiger partial charge in [-0.05, 0) is 17.2 Å². The normalized spacial score (nSPS) is 22.8. The van der Waals surface area contributed by atoms with Crippen molar-refractivity contribution in [2.75, 3.05) is 19.7 Å². The van der Waals surface area contributed by atoms with E-state index < -0.39 is 0 Å². The Morgan fingerprint density at radius 1 is 1.33 bits per heavy atom. The van der Waals surface area contributed by atoms with Crippen molar-refractivity contribution in [1.29, 1.82) is 0 Å². The fourth-order valence-corrected chi connectivity index (χ4v) is 3.08. The summed E-state index contributed by atoms with van der Waals surface area (Å²) >= 11 is 0. The second kappa shape index (κ2) is 5.91. The molecule has 0 aromatic carbocycles. The van der Waals surface area contributed by atoms with Crippen molar-refractivity contribution in [3.8, 4) is 0 Å². The molecule has 0 radical (unpaired) electrons. The molecule has 3 heterocycles. The topological polar surface area (TPSA) is 54.2 Å². The monoisotopic (exact) mass is 290 g/mol. The Labute approximate surface area is 123 Å². The summed E-state index contributed by atoms with van der Waals surface area (Å²) in [4.78, 5) is 6.11. The highest BCUT2D eigenvalue weighted by molar-refractivity contribution is 5.17. The van der Waals surface area contributed by atoms with E-state index in [0.29, 0.717) is 6.54 Å². The van der Waals surface area contributed by atoms with Crippen LogP contribution in [0, 0.1) is 11.7 Å². The van der Waals surface area contributed by atoms with Crippen molar-refractivity contribution in [3.05, 3.63) is 47.8 Å². The van der Waals surface area contributed by atoms with Crippen LogP contribution in [-0.4, -0.2) is 44.5 Å². The van der Waals surface area contributed by atoms with Crippen LogP contribution in [0.5, 0.6) is 0 Å². The molecule has 0 amide bonds. The maximum Gasteiger partial charge on any atom is 0.141 e. The van der Waals surface area contributed by atoms with E-state index in [4.69, 9.17) is 0 Å². The van der Waals surface area contributed by atoms with Gasteiger partial charge in [0.15, 0.2) is 0 Å². The maximum atomic E-state index is 13.2. The van der Waals surface area contributed by atoms with Crippen molar-refractivity contribution in [2.45, 2.75) is 12.5 Å². The summed E-state index contributed by atoms with van der Waals surface area (Å²) in [5, 5.41) is 13.8. The first-order valence-electron chi connectivity index (χ1n) is 7.07.